The van der Waals surface area contributed by atoms with Crippen LogP contribution in [0.3, 0.4) is 0 Å². The number of allylic oxidation sites excluding steroid dienone is 4. The van der Waals surface area contributed by atoms with Crippen molar-refractivity contribution in [2.75, 3.05) is 5.75 Å². The summed E-state index contributed by atoms with van der Waals surface area (Å²) in [5, 5.41) is 11.9. The molecule has 0 bridgehead atoms. The summed E-state index contributed by atoms with van der Waals surface area (Å²) in [6.07, 6.45) is 10.5. The minimum atomic E-state index is -1.10. The van der Waals surface area contributed by atoms with Gasteiger partial charge in [0.1, 0.15) is 10.3 Å². The van der Waals surface area contributed by atoms with E-state index in [-0.39, 0.29) is 46.6 Å². The average molecular weight is 581 g/mol. The van der Waals surface area contributed by atoms with Gasteiger partial charge in [-0.05, 0) is 68.2 Å². The molecule has 3 saturated carbocycles. The molecule has 1 aliphatic heterocycles. The lowest BCUT2D eigenvalue weighted by Gasteiger charge is -2.59. The lowest BCUT2D eigenvalue weighted by atomic mass is 9.46. The number of aromatic nitrogens is 2. The van der Waals surface area contributed by atoms with Crippen LogP contribution in [0.4, 0.5) is 0 Å². The predicted molar refractivity (Wildman–Crippen MR) is 154 cm³/mol. The van der Waals surface area contributed by atoms with E-state index in [4.69, 9.17) is 9.47 Å². The largest absolute Gasteiger partial charge is 0.393 e. The van der Waals surface area contributed by atoms with Gasteiger partial charge in [0.15, 0.2) is 27.8 Å². The Balaban J connectivity index is 1.22. The maximum Gasteiger partial charge on any atom is 0.178 e. The van der Waals surface area contributed by atoms with E-state index in [1.807, 2.05) is 18.2 Å². The molecule has 5 aliphatic rings. The van der Waals surface area contributed by atoms with Crippen LogP contribution >= 0.6 is 23.1 Å². The Hall–Kier alpha value is -1.91. The molecule has 0 radical (unpaired) electrons. The number of thioether (sulfide) groups is 1. The van der Waals surface area contributed by atoms with Gasteiger partial charge in [-0.25, -0.2) is 9.97 Å². The first-order valence-electron chi connectivity index (χ1n) is 14.5. The quantitative estimate of drug-likeness (QED) is 0.446. The Morgan fingerprint density at radius 3 is 2.98 bits per heavy atom. The minimum Gasteiger partial charge on any atom is -0.393 e. The van der Waals surface area contributed by atoms with Gasteiger partial charge in [0.05, 0.1) is 18.0 Å². The molecule has 3 heterocycles. The number of ether oxygens (including phenoxy) is 2. The van der Waals surface area contributed by atoms with Gasteiger partial charge < -0.3 is 14.6 Å². The molecule has 40 heavy (non-hydrogen) atoms. The van der Waals surface area contributed by atoms with E-state index in [0.29, 0.717) is 6.42 Å². The second kappa shape index (κ2) is 9.56. The Morgan fingerprint density at radius 2 is 2.17 bits per heavy atom. The summed E-state index contributed by atoms with van der Waals surface area (Å²) in [6.45, 7) is 6.45. The SMILES string of the molecule is CCC[C@H]1O[C@@H]2CC3C4CCC5=CC(=O)C=CC5(C)C4[C@@H](O)CC3(C)[C@]2(C(=O)CSc2nc3cccnc3s2)O1. The van der Waals surface area contributed by atoms with E-state index in [1.54, 1.807) is 18.3 Å². The molecule has 212 valence electrons. The molecule has 4 fully saturated rings. The maximum atomic E-state index is 14.4. The Morgan fingerprint density at radius 1 is 1.32 bits per heavy atom. The number of thiazole rings is 1. The number of hydrogen-bond acceptors (Lipinski definition) is 9. The van der Waals surface area contributed by atoms with Gasteiger partial charge >= 0.3 is 0 Å². The lowest BCUT2D eigenvalue weighted by molar-refractivity contribution is -0.197. The highest BCUT2D eigenvalue weighted by Gasteiger charge is 2.75. The third kappa shape index (κ3) is 3.73. The number of Topliss-reactive ketones (excluding diaryl/α,β-unsaturated/α-hetero) is 1. The summed E-state index contributed by atoms with van der Waals surface area (Å²) < 4.78 is 14.1. The van der Waals surface area contributed by atoms with Gasteiger partial charge in [-0.15, -0.1) is 0 Å². The molecular formula is C31H36N2O5S2. The van der Waals surface area contributed by atoms with Crippen molar-refractivity contribution < 1.29 is 24.2 Å². The number of carbonyl (C=O) groups is 2. The van der Waals surface area contributed by atoms with E-state index in [2.05, 4.69) is 30.7 Å². The monoisotopic (exact) mass is 580 g/mol. The molecule has 0 spiro atoms. The van der Waals surface area contributed by atoms with E-state index < -0.39 is 23.4 Å². The average Bonchev–Trinajstić information content (AvgIpc) is 3.57. The van der Waals surface area contributed by atoms with E-state index in [0.717, 1.165) is 52.4 Å². The van der Waals surface area contributed by atoms with Crippen molar-refractivity contribution in [1.82, 2.24) is 9.97 Å². The number of rotatable bonds is 6. The molecule has 9 heteroatoms. The Labute approximate surface area is 242 Å². The molecule has 7 nitrogen and oxygen atoms in total. The van der Waals surface area contributed by atoms with Crippen molar-refractivity contribution in [2.24, 2.45) is 28.6 Å². The molecule has 2 aromatic rings. The van der Waals surface area contributed by atoms with E-state index in [9.17, 15) is 14.7 Å². The summed E-state index contributed by atoms with van der Waals surface area (Å²) in [5.41, 5.74) is -0.0329. The van der Waals surface area contributed by atoms with Crippen LogP contribution in [0.5, 0.6) is 0 Å². The van der Waals surface area contributed by atoms with Crippen molar-refractivity contribution >= 4 is 45.0 Å². The molecule has 0 aromatic carbocycles. The van der Waals surface area contributed by atoms with Gasteiger partial charge in [-0.3, -0.25) is 9.59 Å². The van der Waals surface area contributed by atoms with Gasteiger partial charge in [0.2, 0.25) is 0 Å². The fraction of sp³-hybridized carbons (Fsp3) is 0.613. The van der Waals surface area contributed by atoms with Crippen LogP contribution in [0, 0.1) is 28.6 Å². The number of nitrogens with zero attached hydrogens (tertiary/aromatic N) is 2. The van der Waals surface area contributed by atoms with Crippen molar-refractivity contribution in [3.63, 3.8) is 0 Å². The number of aliphatic hydroxyl groups is 1. The van der Waals surface area contributed by atoms with Crippen LogP contribution in [-0.4, -0.2) is 56.5 Å². The number of pyridine rings is 1. The van der Waals surface area contributed by atoms with Crippen molar-refractivity contribution in [2.45, 2.75) is 87.7 Å². The van der Waals surface area contributed by atoms with E-state index >= 15 is 0 Å². The number of hydrogen-bond donors (Lipinski definition) is 1. The standard InChI is InChI=1S/C31H36N2O5S2/c1-4-6-25-37-24-14-20-19-9-8-17-13-18(34)10-11-29(17,2)26(19)22(35)15-30(20,3)31(24,38-25)23(36)16-39-28-33-21-7-5-12-32-27(21)40-28/h5,7,10-13,19-20,22,24-26,35H,4,6,8-9,14-16H2,1-3H3/t19?,20?,22-,24+,25-,26?,29?,30?,31+/m0/s1. The first kappa shape index (κ1) is 27.0. The molecule has 0 amide bonds. The van der Waals surface area contributed by atoms with Gasteiger partial charge in [0.25, 0.3) is 0 Å². The highest BCUT2D eigenvalue weighted by atomic mass is 32.2. The summed E-state index contributed by atoms with van der Waals surface area (Å²) in [4.78, 5) is 36.6. The number of fused-ring (bicyclic) bond motifs is 8. The normalized spacial score (nSPS) is 41.8. The first-order chi connectivity index (χ1) is 19.2. The molecule has 9 atom stereocenters. The fourth-order valence-corrected chi connectivity index (χ4v) is 11.0. The lowest BCUT2D eigenvalue weighted by Crippen LogP contribution is -2.63. The zero-order valence-corrected chi connectivity index (χ0v) is 24.8. The third-order valence-corrected chi connectivity index (χ3v) is 12.8. The fourth-order valence-electron chi connectivity index (χ4n) is 9.05. The predicted octanol–water partition coefficient (Wildman–Crippen LogP) is 5.52. The van der Waals surface area contributed by atoms with Crippen LogP contribution in [-0.2, 0) is 19.1 Å². The minimum absolute atomic E-state index is 0.00281. The zero-order valence-electron chi connectivity index (χ0n) is 23.2. The summed E-state index contributed by atoms with van der Waals surface area (Å²) >= 11 is 2.95. The van der Waals surface area contributed by atoms with Gasteiger partial charge in [0, 0.05) is 22.9 Å². The van der Waals surface area contributed by atoms with Crippen LogP contribution in [0.2, 0.25) is 0 Å². The number of ketones is 2. The second-order valence-corrected chi connectivity index (χ2v) is 14.9. The summed E-state index contributed by atoms with van der Waals surface area (Å²) in [5.74, 6) is 0.695. The highest BCUT2D eigenvalue weighted by molar-refractivity contribution is 8.01. The smallest absolute Gasteiger partial charge is 0.178 e. The summed E-state index contributed by atoms with van der Waals surface area (Å²) in [7, 11) is 0. The van der Waals surface area contributed by atoms with Crippen LogP contribution in [0.1, 0.15) is 59.3 Å². The van der Waals surface area contributed by atoms with Crippen molar-refractivity contribution in [3.05, 3.63) is 42.1 Å². The topological polar surface area (TPSA) is 98.6 Å². The van der Waals surface area contributed by atoms with Crippen LogP contribution in [0.15, 0.2) is 46.5 Å². The van der Waals surface area contributed by atoms with Crippen molar-refractivity contribution in [1.29, 1.82) is 0 Å². The van der Waals surface area contributed by atoms with Crippen molar-refractivity contribution in [3.8, 4) is 0 Å². The molecule has 7 rings (SSSR count). The van der Waals surface area contributed by atoms with E-state index in [1.165, 1.54) is 23.1 Å². The molecule has 5 unspecified atom stereocenters. The Kier molecular flexibility index (Phi) is 6.44. The molecule has 4 aliphatic carbocycles. The summed E-state index contributed by atoms with van der Waals surface area (Å²) in [6, 6.07) is 3.81. The molecule has 1 saturated heterocycles. The molecule has 2 aromatic heterocycles. The highest BCUT2D eigenvalue weighted by Crippen LogP contribution is 2.69. The van der Waals surface area contributed by atoms with Gasteiger partial charge in [-0.1, -0.05) is 61.9 Å². The third-order valence-electron chi connectivity index (χ3n) is 10.7. The first-order valence-corrected chi connectivity index (χ1v) is 16.3. The van der Waals surface area contributed by atoms with Crippen LogP contribution < -0.4 is 0 Å². The van der Waals surface area contributed by atoms with Gasteiger partial charge in [-0.2, -0.15) is 0 Å². The van der Waals surface area contributed by atoms with Crippen LogP contribution in [0.25, 0.3) is 10.3 Å². The number of aliphatic hydroxyl groups excluding tert-OH is 1. The zero-order chi connectivity index (χ0) is 27.9. The maximum absolute atomic E-state index is 14.4. The number of carbonyl (C=O) groups excluding carboxylic acids is 2. The second-order valence-electron chi connectivity index (χ2n) is 12.7. The molecular weight excluding hydrogens is 544 g/mol. The molecule has 1 N–H and O–H groups in total. The Bertz CT molecular complexity index is 1400.